The number of hydrogen-bond donors (Lipinski definition) is 0. The highest BCUT2D eigenvalue weighted by Gasteiger charge is 2.53. The average Bonchev–Trinajstić information content (AvgIpc) is 3.79. The van der Waals surface area contributed by atoms with Gasteiger partial charge in [-0.3, -0.25) is 0 Å². The second-order valence-electron chi connectivity index (χ2n) is 16.0. The van der Waals surface area contributed by atoms with Gasteiger partial charge in [0, 0.05) is 22.0 Å². The molecule has 0 amide bonds. The van der Waals surface area contributed by atoms with Gasteiger partial charge < -0.3 is 14.4 Å². The van der Waals surface area contributed by atoms with Crippen molar-refractivity contribution in [1.82, 2.24) is 0 Å². The predicted molar refractivity (Wildman–Crippen MR) is 244 cm³/mol. The third-order valence-corrected chi connectivity index (χ3v) is 12.9. The Kier molecular flexibility index (Phi) is 6.93. The molecule has 3 heteroatoms. The maximum Gasteiger partial charge on any atom is 0.178 e. The summed E-state index contributed by atoms with van der Waals surface area (Å²) in [6.45, 7) is 0. The van der Waals surface area contributed by atoms with Crippen LogP contribution in [0.5, 0.6) is 23.0 Å². The quantitative estimate of drug-likeness (QED) is 0.178. The second kappa shape index (κ2) is 12.6. The molecule has 0 fully saturated rings. The molecule has 60 heavy (non-hydrogen) atoms. The second-order valence-corrected chi connectivity index (χ2v) is 16.0. The van der Waals surface area contributed by atoms with Gasteiger partial charge in [-0.15, -0.1) is 0 Å². The molecule has 0 atom stereocenters. The average molecular weight is 766 g/mol. The first kappa shape index (κ1) is 33.1. The highest BCUT2D eigenvalue weighted by molar-refractivity contribution is 6.05. The Morgan fingerprint density at radius 1 is 0.350 bits per heavy atom. The number of anilines is 3. The third kappa shape index (κ3) is 4.54. The van der Waals surface area contributed by atoms with Crippen molar-refractivity contribution in [3.8, 4) is 56.4 Å². The fourth-order valence-corrected chi connectivity index (χ4v) is 10.4. The molecule has 0 bridgehead atoms. The molecule has 0 saturated carbocycles. The Balaban J connectivity index is 0.923. The van der Waals surface area contributed by atoms with Gasteiger partial charge in [0.05, 0.1) is 16.8 Å². The smallest absolute Gasteiger partial charge is 0.178 e. The highest BCUT2D eigenvalue weighted by Crippen LogP contribution is 2.66. The summed E-state index contributed by atoms with van der Waals surface area (Å²) < 4.78 is 13.8. The minimum absolute atomic E-state index is 0.446. The first-order valence-electron chi connectivity index (χ1n) is 20.6. The van der Waals surface area contributed by atoms with E-state index in [-0.39, 0.29) is 0 Å². The van der Waals surface area contributed by atoms with E-state index in [4.69, 9.17) is 9.47 Å². The summed E-state index contributed by atoms with van der Waals surface area (Å²) in [7, 11) is 0. The molecular weight excluding hydrogens is 731 g/mol. The molecule has 0 N–H and O–H groups in total. The lowest BCUT2D eigenvalue weighted by atomic mass is 9.70. The monoisotopic (exact) mass is 765 g/mol. The van der Waals surface area contributed by atoms with E-state index in [1.807, 2.05) is 0 Å². The van der Waals surface area contributed by atoms with Gasteiger partial charge in [-0.2, -0.15) is 0 Å². The predicted octanol–water partition coefficient (Wildman–Crippen LogP) is 15.4. The first-order chi connectivity index (χ1) is 29.8. The van der Waals surface area contributed by atoms with Crippen LogP contribution in [0.2, 0.25) is 0 Å². The fourth-order valence-electron chi connectivity index (χ4n) is 10.4. The zero-order chi connectivity index (χ0) is 39.4. The van der Waals surface area contributed by atoms with Crippen molar-refractivity contribution in [1.29, 1.82) is 0 Å². The summed E-state index contributed by atoms with van der Waals surface area (Å²) in [6.07, 6.45) is 0. The standard InChI is InChI=1S/C57H35NO2/c1-3-20-41-36(14-1)16-12-28-50(41)58(51-29-13-17-37-15-2-4-21-42(37)51)40-19-11-18-38(34-40)39-30-32-52-54(35-39)59-53-33-31-49-55(56(53)60-52)45-24-7-10-27-48(45)57(49)46-25-8-5-22-43(46)44-23-6-9-26-47(44)57/h1-35H. The van der Waals surface area contributed by atoms with Gasteiger partial charge in [-0.1, -0.05) is 170 Å². The highest BCUT2D eigenvalue weighted by atomic mass is 16.6. The van der Waals surface area contributed by atoms with Gasteiger partial charge >= 0.3 is 0 Å². The molecule has 3 nitrogen and oxygen atoms in total. The molecule has 2 aliphatic carbocycles. The Morgan fingerprint density at radius 2 is 0.883 bits per heavy atom. The lowest BCUT2D eigenvalue weighted by Crippen LogP contribution is -2.25. The molecule has 1 aliphatic heterocycles. The Bertz CT molecular complexity index is 3280. The van der Waals surface area contributed by atoms with Crippen LogP contribution in [0.15, 0.2) is 212 Å². The first-order valence-corrected chi connectivity index (χ1v) is 20.6. The molecule has 280 valence electrons. The van der Waals surface area contributed by atoms with E-state index >= 15 is 0 Å². The maximum absolute atomic E-state index is 6.97. The summed E-state index contributed by atoms with van der Waals surface area (Å²) in [5.74, 6) is 2.89. The molecule has 10 aromatic carbocycles. The van der Waals surface area contributed by atoms with Gasteiger partial charge in [0.2, 0.25) is 0 Å². The molecule has 10 aromatic rings. The van der Waals surface area contributed by atoms with Crippen molar-refractivity contribution in [2.45, 2.75) is 5.41 Å². The summed E-state index contributed by atoms with van der Waals surface area (Å²) in [5.41, 5.74) is 15.0. The Morgan fingerprint density at radius 3 is 1.57 bits per heavy atom. The summed E-state index contributed by atoms with van der Waals surface area (Å²) >= 11 is 0. The van der Waals surface area contributed by atoms with Crippen molar-refractivity contribution in [2.24, 2.45) is 0 Å². The van der Waals surface area contributed by atoms with Crippen molar-refractivity contribution in [3.63, 3.8) is 0 Å². The van der Waals surface area contributed by atoms with Crippen LogP contribution in [-0.2, 0) is 5.41 Å². The van der Waals surface area contributed by atoms with E-state index in [9.17, 15) is 0 Å². The minimum atomic E-state index is -0.446. The molecule has 0 radical (unpaired) electrons. The third-order valence-electron chi connectivity index (χ3n) is 12.9. The summed E-state index contributed by atoms with van der Waals surface area (Å²) in [4.78, 5) is 2.40. The van der Waals surface area contributed by atoms with E-state index < -0.39 is 5.41 Å². The lowest BCUT2D eigenvalue weighted by molar-refractivity contribution is 0.360. The molecule has 0 unspecified atom stereocenters. The molecule has 1 spiro atoms. The van der Waals surface area contributed by atoms with Crippen LogP contribution in [0.1, 0.15) is 22.3 Å². The number of fused-ring (bicyclic) bond motifs is 15. The van der Waals surface area contributed by atoms with Crippen LogP contribution < -0.4 is 14.4 Å². The van der Waals surface area contributed by atoms with E-state index in [1.54, 1.807) is 0 Å². The number of hydrogen-bond acceptors (Lipinski definition) is 3. The van der Waals surface area contributed by atoms with Crippen molar-refractivity contribution < 1.29 is 9.47 Å². The normalized spacial score (nSPS) is 13.4. The Labute approximate surface area is 348 Å². The number of rotatable bonds is 4. The SMILES string of the molecule is c1cc(-c2ccc3c(c2)Oc2ccc4c(c2O3)-c2ccccc2C42c3ccccc3-c3ccccc32)cc(N(c2cccc3ccccc23)c2cccc3ccccc23)c1. The van der Waals surface area contributed by atoms with Crippen LogP contribution in [0.4, 0.5) is 17.1 Å². The topological polar surface area (TPSA) is 21.7 Å². The van der Waals surface area contributed by atoms with Gasteiger partial charge in [0.15, 0.2) is 23.0 Å². The Hall–Kier alpha value is -7.88. The van der Waals surface area contributed by atoms with Crippen molar-refractivity contribution >= 4 is 38.6 Å². The zero-order valence-corrected chi connectivity index (χ0v) is 32.5. The molecule has 0 saturated heterocycles. The molecular formula is C57H35NO2. The minimum Gasteiger partial charge on any atom is -0.449 e. The number of ether oxygens (including phenoxy) is 2. The van der Waals surface area contributed by atoms with Crippen LogP contribution >= 0.6 is 0 Å². The largest absolute Gasteiger partial charge is 0.449 e. The number of benzene rings is 10. The van der Waals surface area contributed by atoms with Gasteiger partial charge in [0.25, 0.3) is 0 Å². The van der Waals surface area contributed by atoms with E-state index in [2.05, 4.69) is 217 Å². The fraction of sp³-hybridized carbons (Fsp3) is 0.0175. The van der Waals surface area contributed by atoms with E-state index in [0.29, 0.717) is 11.5 Å². The van der Waals surface area contributed by atoms with Crippen LogP contribution in [0.25, 0.3) is 54.9 Å². The van der Waals surface area contributed by atoms with Crippen LogP contribution in [-0.4, -0.2) is 0 Å². The summed E-state index contributed by atoms with van der Waals surface area (Å²) in [5, 5.41) is 4.78. The van der Waals surface area contributed by atoms with Gasteiger partial charge in [-0.05, 0) is 103 Å². The zero-order valence-electron chi connectivity index (χ0n) is 32.5. The maximum atomic E-state index is 6.97. The molecule has 13 rings (SSSR count). The van der Waals surface area contributed by atoms with Crippen molar-refractivity contribution in [2.75, 3.05) is 4.90 Å². The van der Waals surface area contributed by atoms with Crippen LogP contribution in [0.3, 0.4) is 0 Å². The van der Waals surface area contributed by atoms with E-state index in [1.165, 1.54) is 60.5 Å². The summed E-state index contributed by atoms with van der Waals surface area (Å²) in [6, 6.07) is 76.4. The van der Waals surface area contributed by atoms with Crippen LogP contribution in [0, 0.1) is 0 Å². The molecule has 1 heterocycles. The number of nitrogens with zero attached hydrogens (tertiary/aromatic N) is 1. The van der Waals surface area contributed by atoms with Crippen molar-refractivity contribution in [3.05, 3.63) is 235 Å². The van der Waals surface area contributed by atoms with Gasteiger partial charge in [-0.25, -0.2) is 0 Å². The molecule has 3 aliphatic rings. The van der Waals surface area contributed by atoms with Gasteiger partial charge in [0.1, 0.15) is 0 Å². The lowest BCUT2D eigenvalue weighted by Gasteiger charge is -2.31. The molecule has 0 aromatic heterocycles. The van der Waals surface area contributed by atoms with E-state index in [0.717, 1.165) is 45.3 Å².